The summed E-state index contributed by atoms with van der Waals surface area (Å²) in [6.45, 7) is 6.53. The van der Waals surface area contributed by atoms with Crippen LogP contribution in [-0.2, 0) is 28.6 Å². The van der Waals surface area contributed by atoms with Gasteiger partial charge in [0.15, 0.2) is 6.10 Å². The van der Waals surface area contributed by atoms with Gasteiger partial charge in [-0.15, -0.1) is 0 Å². The van der Waals surface area contributed by atoms with Gasteiger partial charge in [0.05, 0.1) is 0 Å². The maximum atomic E-state index is 12.9. The minimum atomic E-state index is -0.785. The van der Waals surface area contributed by atoms with Gasteiger partial charge in [-0.2, -0.15) is 0 Å². The highest BCUT2D eigenvalue weighted by Gasteiger charge is 2.19. The Morgan fingerprint density at radius 2 is 0.476 bits per heavy atom. The number of esters is 3. The van der Waals surface area contributed by atoms with E-state index in [9.17, 15) is 14.4 Å². The normalized spacial score (nSPS) is 12.8. The Morgan fingerprint density at radius 1 is 0.256 bits per heavy atom. The van der Waals surface area contributed by atoms with E-state index < -0.39 is 6.10 Å². The second kappa shape index (κ2) is 69.6. The molecule has 0 aromatic carbocycles. The second-order valence-corrected chi connectivity index (χ2v) is 23.1. The number of hydrogen-bond donors (Lipinski definition) is 0. The van der Waals surface area contributed by atoms with E-state index in [2.05, 4.69) is 130 Å². The van der Waals surface area contributed by atoms with Gasteiger partial charge < -0.3 is 14.2 Å². The van der Waals surface area contributed by atoms with Crippen LogP contribution >= 0.6 is 0 Å². The van der Waals surface area contributed by atoms with Gasteiger partial charge in [0, 0.05) is 19.3 Å². The van der Waals surface area contributed by atoms with Crippen LogP contribution in [0.4, 0.5) is 0 Å². The smallest absolute Gasteiger partial charge is 0.306 e. The summed E-state index contributed by atoms with van der Waals surface area (Å²) in [6, 6.07) is 0. The summed E-state index contributed by atoms with van der Waals surface area (Å²) in [7, 11) is 0. The van der Waals surface area contributed by atoms with Crippen molar-refractivity contribution in [1.82, 2.24) is 0 Å². The van der Waals surface area contributed by atoms with E-state index in [0.29, 0.717) is 19.3 Å². The Kier molecular flexibility index (Phi) is 66.2. The lowest BCUT2D eigenvalue weighted by atomic mass is 10.0. The molecule has 0 saturated heterocycles. The Morgan fingerprint density at radius 3 is 0.744 bits per heavy atom. The number of unbranched alkanes of at least 4 members (excludes halogenated alkanes) is 34. The Balaban J connectivity index is 4.29. The fourth-order valence-corrected chi connectivity index (χ4v) is 9.81. The summed E-state index contributed by atoms with van der Waals surface area (Å²) in [5.74, 6) is -0.879. The summed E-state index contributed by atoms with van der Waals surface area (Å²) in [4.78, 5) is 38.4. The average molecular weight is 1140 g/mol. The lowest BCUT2D eigenvalue weighted by Gasteiger charge is -2.18. The fourth-order valence-electron chi connectivity index (χ4n) is 9.81. The maximum Gasteiger partial charge on any atom is 0.306 e. The van der Waals surface area contributed by atoms with Crippen molar-refractivity contribution in [3.63, 3.8) is 0 Å². The van der Waals surface area contributed by atoms with Crippen LogP contribution in [0.3, 0.4) is 0 Å². The van der Waals surface area contributed by atoms with Crippen molar-refractivity contribution in [2.45, 2.75) is 341 Å². The van der Waals surface area contributed by atoms with Crippen molar-refractivity contribution in [2.24, 2.45) is 0 Å². The van der Waals surface area contributed by atoms with Crippen molar-refractivity contribution < 1.29 is 28.6 Å². The van der Waals surface area contributed by atoms with Crippen LogP contribution in [0, 0.1) is 0 Å². The molecule has 82 heavy (non-hydrogen) atoms. The van der Waals surface area contributed by atoms with Crippen LogP contribution in [0.1, 0.15) is 335 Å². The molecule has 0 bridgehead atoms. The van der Waals surface area contributed by atoms with Crippen LogP contribution in [0.5, 0.6) is 0 Å². The van der Waals surface area contributed by atoms with Gasteiger partial charge in [0.1, 0.15) is 13.2 Å². The number of hydrogen-bond acceptors (Lipinski definition) is 6. The molecule has 0 aromatic heterocycles. The lowest BCUT2D eigenvalue weighted by molar-refractivity contribution is -0.167. The van der Waals surface area contributed by atoms with E-state index in [4.69, 9.17) is 14.2 Å². The first-order valence-corrected chi connectivity index (χ1v) is 34.9. The molecule has 0 aromatic rings. The molecule has 0 amide bonds. The van der Waals surface area contributed by atoms with Gasteiger partial charge in [-0.3, -0.25) is 14.4 Å². The molecule has 1 atom stereocenters. The van der Waals surface area contributed by atoms with Gasteiger partial charge in [-0.05, 0) is 109 Å². The molecule has 0 N–H and O–H groups in total. The number of ether oxygens (including phenoxy) is 3. The molecule has 0 radical (unpaired) electrons. The maximum absolute atomic E-state index is 12.9. The number of allylic oxidation sites excluding steroid dienone is 18. The summed E-state index contributed by atoms with van der Waals surface area (Å²) in [6.07, 6.45) is 95.3. The predicted octanol–water partition coefficient (Wildman–Crippen LogP) is 24.2. The molecule has 0 heterocycles. The van der Waals surface area contributed by atoms with Gasteiger partial charge in [0.2, 0.25) is 0 Å². The highest BCUT2D eigenvalue weighted by molar-refractivity contribution is 5.71. The van der Waals surface area contributed by atoms with Crippen LogP contribution in [-0.4, -0.2) is 37.2 Å². The van der Waals surface area contributed by atoms with Gasteiger partial charge >= 0.3 is 17.9 Å². The molecule has 1 unspecified atom stereocenters. The SMILES string of the molecule is CC/C=C\C/C=C\C/C=C\C/C=C\C/C=C\C/C=C\CCCCCCCCCCCCC(=O)OCC(COC(=O)CCCCCCCCCCCCCC)OC(=O)CCCCCCCCCC/C=C\C/C=C\C/C=C\CCCCCCC. The molecule has 6 nitrogen and oxygen atoms in total. The lowest BCUT2D eigenvalue weighted by Crippen LogP contribution is -2.30. The van der Waals surface area contributed by atoms with E-state index in [-0.39, 0.29) is 31.1 Å². The van der Waals surface area contributed by atoms with E-state index in [0.717, 1.165) is 116 Å². The highest BCUT2D eigenvalue weighted by Crippen LogP contribution is 2.17. The van der Waals surface area contributed by atoms with Crippen molar-refractivity contribution in [3.05, 3.63) is 109 Å². The second-order valence-electron chi connectivity index (χ2n) is 23.1. The number of carbonyl (C=O) groups excluding carboxylic acids is 3. The number of rotatable bonds is 63. The number of carbonyl (C=O) groups is 3. The monoisotopic (exact) mass is 1140 g/mol. The first-order valence-electron chi connectivity index (χ1n) is 34.9. The topological polar surface area (TPSA) is 78.9 Å². The summed E-state index contributed by atoms with van der Waals surface area (Å²) >= 11 is 0. The third kappa shape index (κ3) is 66.9. The zero-order valence-electron chi connectivity index (χ0n) is 54.0. The van der Waals surface area contributed by atoms with E-state index in [1.54, 1.807) is 0 Å². The molecule has 0 fully saturated rings. The van der Waals surface area contributed by atoms with Crippen molar-refractivity contribution in [3.8, 4) is 0 Å². The van der Waals surface area contributed by atoms with E-state index in [1.807, 2.05) is 0 Å². The molecule has 6 heteroatoms. The van der Waals surface area contributed by atoms with Crippen LogP contribution in [0.15, 0.2) is 109 Å². The Bertz CT molecular complexity index is 1640. The molecule has 0 spiro atoms. The van der Waals surface area contributed by atoms with E-state index >= 15 is 0 Å². The third-order valence-electron chi connectivity index (χ3n) is 15.0. The Labute approximate surface area is 508 Å². The first kappa shape index (κ1) is 78.1. The van der Waals surface area contributed by atoms with Crippen LogP contribution < -0.4 is 0 Å². The van der Waals surface area contributed by atoms with Crippen molar-refractivity contribution in [1.29, 1.82) is 0 Å². The van der Waals surface area contributed by atoms with Gasteiger partial charge in [-0.1, -0.05) is 316 Å². The fraction of sp³-hybridized carbons (Fsp3) is 0.724. The quantitative estimate of drug-likeness (QED) is 0.0261. The van der Waals surface area contributed by atoms with Crippen LogP contribution in [0.2, 0.25) is 0 Å². The largest absolute Gasteiger partial charge is 0.462 e. The minimum absolute atomic E-state index is 0.0797. The molecular formula is C76H130O6. The standard InChI is InChI=1S/C76H130O6/c1-4-7-10-13-16-19-22-25-27-29-31-33-35-36-37-38-39-40-42-43-45-47-49-51-54-57-60-63-66-69-75(78)81-72-73(71-80-74(77)68-65-62-59-56-53-24-21-18-15-12-9-6-3)82-76(79)70-67-64-61-58-55-52-50-48-46-44-41-34-32-30-28-26-23-20-17-14-11-8-5-2/h7,10,16,19,23,25-27,30-33,36-37,39-41,44,73H,4-6,8-9,11-15,17-18,20-22,24,28-29,34-35,38,42-43,45-72H2,1-3H3/b10-7-,19-16-,26-23-,27-25-,32-30-,33-31-,37-36-,40-39-,44-41-. The van der Waals surface area contributed by atoms with Crippen LogP contribution in [0.25, 0.3) is 0 Å². The first-order chi connectivity index (χ1) is 40.5. The molecule has 470 valence electrons. The van der Waals surface area contributed by atoms with Crippen molar-refractivity contribution in [2.75, 3.05) is 13.2 Å². The van der Waals surface area contributed by atoms with Gasteiger partial charge in [0.25, 0.3) is 0 Å². The predicted molar refractivity (Wildman–Crippen MR) is 357 cm³/mol. The van der Waals surface area contributed by atoms with Crippen molar-refractivity contribution >= 4 is 17.9 Å². The molecule has 0 rings (SSSR count). The molecule has 0 saturated carbocycles. The summed E-state index contributed by atoms with van der Waals surface area (Å²) in [5, 5.41) is 0. The summed E-state index contributed by atoms with van der Waals surface area (Å²) in [5.41, 5.74) is 0. The highest BCUT2D eigenvalue weighted by atomic mass is 16.6. The molecule has 0 aliphatic carbocycles. The van der Waals surface area contributed by atoms with Gasteiger partial charge in [-0.25, -0.2) is 0 Å². The zero-order valence-corrected chi connectivity index (χ0v) is 54.0. The van der Waals surface area contributed by atoms with E-state index in [1.165, 1.54) is 180 Å². The third-order valence-corrected chi connectivity index (χ3v) is 15.0. The summed E-state index contributed by atoms with van der Waals surface area (Å²) < 4.78 is 17.0. The Hall–Kier alpha value is -3.93. The molecular weight excluding hydrogens is 1010 g/mol. The molecule has 0 aliphatic rings. The molecule has 0 aliphatic heterocycles. The average Bonchev–Trinajstić information content (AvgIpc) is 3.47. The minimum Gasteiger partial charge on any atom is -0.462 e. The zero-order chi connectivity index (χ0) is 59.2.